The SMILES string of the molecule is Cn1ncc(-c2ccc(CNc3cc(-c4cnc5cc(OCC6CCN(CC(F)F)CC6)ccn45)ncn3)cc2)n1. The Kier molecular flexibility index (Phi) is 7.81. The lowest BCUT2D eigenvalue weighted by Crippen LogP contribution is -2.38. The molecule has 4 aromatic heterocycles. The minimum atomic E-state index is -2.28. The zero-order valence-electron chi connectivity index (χ0n) is 22.7. The topological polar surface area (TPSA) is 98.3 Å². The molecule has 1 saturated heterocycles. The molecule has 6 rings (SSSR count). The summed E-state index contributed by atoms with van der Waals surface area (Å²) in [6.45, 7) is 2.40. The van der Waals surface area contributed by atoms with Crippen LogP contribution in [0.1, 0.15) is 18.4 Å². The highest BCUT2D eigenvalue weighted by Gasteiger charge is 2.22. The van der Waals surface area contributed by atoms with Crippen molar-refractivity contribution in [2.24, 2.45) is 13.0 Å². The second-order valence-electron chi connectivity index (χ2n) is 10.2. The third-order valence-corrected chi connectivity index (χ3v) is 7.33. The Labute approximate surface area is 236 Å². The summed E-state index contributed by atoms with van der Waals surface area (Å²) in [5.41, 5.74) is 5.30. The van der Waals surface area contributed by atoms with Crippen LogP contribution in [-0.4, -0.2) is 71.9 Å². The molecule has 1 aromatic carbocycles. The van der Waals surface area contributed by atoms with Crippen LogP contribution in [0.15, 0.2) is 67.4 Å². The maximum Gasteiger partial charge on any atom is 0.251 e. The van der Waals surface area contributed by atoms with Gasteiger partial charge in [-0.05, 0) is 43.5 Å². The van der Waals surface area contributed by atoms with E-state index < -0.39 is 6.43 Å². The van der Waals surface area contributed by atoms with Crippen molar-refractivity contribution in [1.82, 2.24) is 39.2 Å². The van der Waals surface area contributed by atoms with E-state index in [1.807, 2.05) is 45.8 Å². The Morgan fingerprint density at radius 1 is 1.00 bits per heavy atom. The molecule has 10 nitrogen and oxygen atoms in total. The molecule has 0 bridgehead atoms. The molecule has 5 heterocycles. The quantitative estimate of drug-likeness (QED) is 0.266. The van der Waals surface area contributed by atoms with Gasteiger partial charge in [0.1, 0.15) is 29.2 Å². The lowest BCUT2D eigenvalue weighted by Gasteiger charge is -2.31. The van der Waals surface area contributed by atoms with Crippen LogP contribution in [0.2, 0.25) is 0 Å². The van der Waals surface area contributed by atoms with Crippen LogP contribution < -0.4 is 10.1 Å². The van der Waals surface area contributed by atoms with Crippen LogP contribution in [0.4, 0.5) is 14.6 Å². The number of fused-ring (bicyclic) bond motifs is 1. The highest BCUT2D eigenvalue weighted by molar-refractivity contribution is 5.63. The van der Waals surface area contributed by atoms with E-state index >= 15 is 0 Å². The molecule has 0 atom stereocenters. The molecular weight excluding hydrogens is 528 g/mol. The minimum Gasteiger partial charge on any atom is -0.493 e. The number of hydrogen-bond acceptors (Lipinski definition) is 8. The standard InChI is InChI=1S/C29H31F2N9O/c1-38-36-15-25(37-38)22-4-2-20(3-5-22)14-32-28-13-24(34-19-35-28)26-16-33-29-12-23(8-11-40(26)29)41-18-21-6-9-39(10-7-21)17-27(30)31/h2-5,8,11-13,15-16,19,21,27H,6-7,9-10,14,17-18H2,1H3,(H,32,34,35). The lowest BCUT2D eigenvalue weighted by atomic mass is 9.98. The minimum absolute atomic E-state index is 0.143. The number of likely N-dealkylation sites (tertiary alicyclic amines) is 1. The van der Waals surface area contributed by atoms with E-state index in [9.17, 15) is 8.78 Å². The van der Waals surface area contributed by atoms with E-state index in [4.69, 9.17) is 4.74 Å². The molecule has 212 valence electrons. The number of anilines is 1. The Morgan fingerprint density at radius 3 is 2.59 bits per heavy atom. The van der Waals surface area contributed by atoms with Gasteiger partial charge in [0.15, 0.2) is 0 Å². The van der Waals surface area contributed by atoms with Gasteiger partial charge in [-0.15, -0.1) is 0 Å². The number of halogens is 2. The Hall–Kier alpha value is -4.45. The molecule has 0 saturated carbocycles. The zero-order chi connectivity index (χ0) is 28.2. The molecule has 1 fully saturated rings. The maximum atomic E-state index is 12.6. The van der Waals surface area contributed by atoms with Gasteiger partial charge in [0.2, 0.25) is 0 Å². The first-order valence-corrected chi connectivity index (χ1v) is 13.6. The molecular formula is C29H31F2N9O. The number of imidazole rings is 1. The normalized spacial score (nSPS) is 14.6. The molecule has 0 radical (unpaired) electrons. The Morgan fingerprint density at radius 2 is 1.83 bits per heavy atom. The third-order valence-electron chi connectivity index (χ3n) is 7.33. The van der Waals surface area contributed by atoms with Crippen LogP contribution in [0.25, 0.3) is 28.3 Å². The van der Waals surface area contributed by atoms with E-state index in [-0.39, 0.29) is 6.54 Å². The fraction of sp³-hybridized carbons (Fsp3) is 0.345. The number of hydrogen-bond donors (Lipinski definition) is 1. The molecule has 0 spiro atoms. The van der Waals surface area contributed by atoms with Crippen molar-refractivity contribution < 1.29 is 13.5 Å². The summed E-state index contributed by atoms with van der Waals surface area (Å²) in [7, 11) is 1.80. The fourth-order valence-corrected chi connectivity index (χ4v) is 5.04. The number of benzene rings is 1. The highest BCUT2D eigenvalue weighted by Crippen LogP contribution is 2.25. The number of alkyl halides is 2. The monoisotopic (exact) mass is 559 g/mol. The van der Waals surface area contributed by atoms with E-state index in [1.165, 1.54) is 0 Å². The summed E-state index contributed by atoms with van der Waals surface area (Å²) < 4.78 is 33.2. The van der Waals surface area contributed by atoms with Crippen LogP contribution in [0, 0.1) is 5.92 Å². The largest absolute Gasteiger partial charge is 0.493 e. The van der Waals surface area contributed by atoms with Gasteiger partial charge in [0, 0.05) is 37.5 Å². The predicted molar refractivity (Wildman–Crippen MR) is 151 cm³/mol. The first-order valence-electron chi connectivity index (χ1n) is 13.6. The van der Waals surface area contributed by atoms with Crippen LogP contribution in [0.3, 0.4) is 0 Å². The fourth-order valence-electron chi connectivity index (χ4n) is 5.04. The third kappa shape index (κ3) is 6.49. The molecule has 0 amide bonds. The molecule has 0 unspecified atom stereocenters. The molecule has 1 aliphatic rings. The summed E-state index contributed by atoms with van der Waals surface area (Å²) in [5, 5.41) is 11.8. The summed E-state index contributed by atoms with van der Waals surface area (Å²) in [6.07, 6.45) is 6.44. The number of nitrogens with one attached hydrogen (secondary N) is 1. The molecule has 1 aliphatic heterocycles. The second kappa shape index (κ2) is 12.0. The number of ether oxygens (including phenoxy) is 1. The zero-order valence-corrected chi connectivity index (χ0v) is 22.7. The van der Waals surface area contributed by atoms with Gasteiger partial charge >= 0.3 is 0 Å². The van der Waals surface area contributed by atoms with Crippen molar-refractivity contribution in [3.63, 3.8) is 0 Å². The average molecular weight is 560 g/mol. The lowest BCUT2D eigenvalue weighted by molar-refractivity contribution is 0.0620. The number of nitrogens with zero attached hydrogens (tertiary/aromatic N) is 8. The van der Waals surface area contributed by atoms with E-state index in [0.717, 1.165) is 52.4 Å². The number of rotatable bonds is 10. The Bertz CT molecular complexity index is 1590. The van der Waals surface area contributed by atoms with E-state index in [2.05, 4.69) is 42.6 Å². The molecule has 12 heteroatoms. The van der Waals surface area contributed by atoms with Crippen molar-refractivity contribution in [3.05, 3.63) is 72.9 Å². The highest BCUT2D eigenvalue weighted by atomic mass is 19.3. The van der Waals surface area contributed by atoms with Crippen molar-refractivity contribution in [2.75, 3.05) is 31.6 Å². The molecule has 0 aliphatic carbocycles. The van der Waals surface area contributed by atoms with Gasteiger partial charge in [-0.1, -0.05) is 24.3 Å². The van der Waals surface area contributed by atoms with Crippen LogP contribution >= 0.6 is 0 Å². The molecule has 5 aromatic rings. The van der Waals surface area contributed by atoms with Crippen molar-refractivity contribution in [1.29, 1.82) is 0 Å². The van der Waals surface area contributed by atoms with Gasteiger partial charge in [0.05, 0.1) is 36.9 Å². The average Bonchev–Trinajstić information content (AvgIpc) is 3.62. The first kappa shape index (κ1) is 26.8. The number of piperidine rings is 1. The number of pyridine rings is 1. The van der Waals surface area contributed by atoms with Crippen molar-refractivity contribution in [3.8, 4) is 28.4 Å². The molecule has 1 N–H and O–H groups in total. The van der Waals surface area contributed by atoms with E-state index in [0.29, 0.717) is 38.0 Å². The Balaban J connectivity index is 1.06. The summed E-state index contributed by atoms with van der Waals surface area (Å²) >= 11 is 0. The first-order chi connectivity index (χ1) is 20.0. The van der Waals surface area contributed by atoms with Crippen molar-refractivity contribution >= 4 is 11.5 Å². The summed E-state index contributed by atoms with van der Waals surface area (Å²) in [4.78, 5) is 16.8. The van der Waals surface area contributed by atoms with Gasteiger partial charge < -0.3 is 10.1 Å². The van der Waals surface area contributed by atoms with E-state index in [1.54, 1.807) is 30.6 Å². The molecule has 41 heavy (non-hydrogen) atoms. The summed E-state index contributed by atoms with van der Waals surface area (Å²) in [5.74, 6) is 1.81. The van der Waals surface area contributed by atoms with Crippen LogP contribution in [0.5, 0.6) is 5.75 Å². The number of aryl methyl sites for hydroxylation is 1. The van der Waals surface area contributed by atoms with Gasteiger partial charge in [0.25, 0.3) is 6.43 Å². The maximum absolute atomic E-state index is 12.6. The van der Waals surface area contributed by atoms with Gasteiger partial charge in [-0.25, -0.2) is 23.7 Å². The smallest absolute Gasteiger partial charge is 0.251 e. The van der Waals surface area contributed by atoms with Gasteiger partial charge in [-0.2, -0.15) is 15.0 Å². The van der Waals surface area contributed by atoms with Crippen molar-refractivity contribution in [2.45, 2.75) is 25.8 Å². The summed E-state index contributed by atoms with van der Waals surface area (Å²) in [6, 6.07) is 13.9. The van der Waals surface area contributed by atoms with Crippen LogP contribution in [-0.2, 0) is 13.6 Å². The number of aromatic nitrogens is 7. The second-order valence-corrected chi connectivity index (χ2v) is 10.2. The predicted octanol–water partition coefficient (Wildman–Crippen LogP) is 4.55. The van der Waals surface area contributed by atoms with Gasteiger partial charge in [-0.3, -0.25) is 9.30 Å².